The van der Waals surface area contributed by atoms with Gasteiger partial charge < -0.3 is 20.5 Å². The van der Waals surface area contributed by atoms with Crippen molar-refractivity contribution in [2.75, 3.05) is 30.4 Å². The molecule has 0 amide bonds. The zero-order chi connectivity index (χ0) is 13.3. The summed E-state index contributed by atoms with van der Waals surface area (Å²) in [4.78, 5) is 1.98. The molecule has 0 aliphatic carbocycles. The maximum atomic E-state index is 13.6. The SMILES string of the molecule is CC1COC(CO)CN1c1cc(F)c(I)cc1N. The largest absolute Gasteiger partial charge is 0.397 e. The summed E-state index contributed by atoms with van der Waals surface area (Å²) >= 11 is 1.92. The van der Waals surface area contributed by atoms with Crippen LogP contribution in [0.15, 0.2) is 12.1 Å². The van der Waals surface area contributed by atoms with Crippen LogP contribution in [0.5, 0.6) is 0 Å². The Labute approximate surface area is 119 Å². The number of benzene rings is 1. The first-order valence-corrected chi connectivity index (χ1v) is 6.84. The Bertz CT molecular complexity index is 444. The Balaban J connectivity index is 2.31. The molecule has 100 valence electrons. The van der Waals surface area contributed by atoms with Crippen LogP contribution in [0, 0.1) is 9.39 Å². The van der Waals surface area contributed by atoms with Gasteiger partial charge in [0.15, 0.2) is 0 Å². The Morgan fingerprint density at radius 3 is 3.00 bits per heavy atom. The predicted molar refractivity (Wildman–Crippen MR) is 77.2 cm³/mol. The lowest BCUT2D eigenvalue weighted by molar-refractivity contribution is -0.0103. The first-order chi connectivity index (χ1) is 8.52. The number of halogens is 2. The van der Waals surface area contributed by atoms with Gasteiger partial charge in [-0.1, -0.05) is 0 Å². The van der Waals surface area contributed by atoms with Gasteiger partial charge in [-0.3, -0.25) is 0 Å². The summed E-state index contributed by atoms with van der Waals surface area (Å²) in [5.74, 6) is -0.279. The highest BCUT2D eigenvalue weighted by atomic mass is 127. The third-order valence-electron chi connectivity index (χ3n) is 3.09. The van der Waals surface area contributed by atoms with E-state index in [-0.39, 0.29) is 24.6 Å². The van der Waals surface area contributed by atoms with Crippen LogP contribution in [0.4, 0.5) is 15.8 Å². The van der Waals surface area contributed by atoms with Crippen molar-refractivity contribution in [3.63, 3.8) is 0 Å². The molecule has 0 saturated carbocycles. The van der Waals surface area contributed by atoms with E-state index in [1.165, 1.54) is 6.07 Å². The number of hydrogen-bond acceptors (Lipinski definition) is 4. The average Bonchev–Trinajstić information content (AvgIpc) is 2.35. The minimum absolute atomic E-state index is 0.0457. The molecule has 0 spiro atoms. The van der Waals surface area contributed by atoms with Gasteiger partial charge in [-0.15, -0.1) is 0 Å². The minimum Gasteiger partial charge on any atom is -0.397 e. The molecule has 2 atom stereocenters. The fourth-order valence-electron chi connectivity index (χ4n) is 2.06. The van der Waals surface area contributed by atoms with Gasteiger partial charge in [0.25, 0.3) is 0 Å². The third kappa shape index (κ3) is 2.70. The van der Waals surface area contributed by atoms with Crippen molar-refractivity contribution >= 4 is 34.0 Å². The molecule has 6 heteroatoms. The molecule has 1 aliphatic heterocycles. The highest BCUT2D eigenvalue weighted by molar-refractivity contribution is 14.1. The van der Waals surface area contributed by atoms with E-state index in [2.05, 4.69) is 0 Å². The molecule has 1 aromatic rings. The van der Waals surface area contributed by atoms with E-state index in [0.29, 0.717) is 28.1 Å². The molecular weight excluding hydrogens is 350 g/mol. The van der Waals surface area contributed by atoms with E-state index >= 15 is 0 Å². The maximum Gasteiger partial charge on any atom is 0.138 e. The summed E-state index contributed by atoms with van der Waals surface area (Å²) in [6.07, 6.45) is -0.247. The molecule has 1 heterocycles. The van der Waals surface area contributed by atoms with Crippen LogP contribution in [0.25, 0.3) is 0 Å². The fraction of sp³-hybridized carbons (Fsp3) is 0.500. The smallest absolute Gasteiger partial charge is 0.138 e. The molecule has 1 fully saturated rings. The summed E-state index contributed by atoms with van der Waals surface area (Å²) in [6.45, 7) is 2.96. The number of hydrogen-bond donors (Lipinski definition) is 2. The Kier molecular flexibility index (Phi) is 4.29. The van der Waals surface area contributed by atoms with Gasteiger partial charge in [-0.25, -0.2) is 4.39 Å². The van der Waals surface area contributed by atoms with Gasteiger partial charge >= 0.3 is 0 Å². The Morgan fingerprint density at radius 1 is 1.61 bits per heavy atom. The molecule has 0 bridgehead atoms. The maximum absolute atomic E-state index is 13.6. The number of ether oxygens (including phenoxy) is 1. The molecule has 18 heavy (non-hydrogen) atoms. The second-order valence-electron chi connectivity index (χ2n) is 4.46. The normalized spacial score (nSPS) is 24.3. The number of nitrogens with two attached hydrogens (primary N) is 1. The van der Waals surface area contributed by atoms with Crippen molar-refractivity contribution in [1.29, 1.82) is 0 Å². The second-order valence-corrected chi connectivity index (χ2v) is 5.63. The Hall–Kier alpha value is -0.600. The van der Waals surface area contributed by atoms with Gasteiger partial charge in [0.05, 0.1) is 34.3 Å². The average molecular weight is 366 g/mol. The standard InChI is InChI=1S/C12H16FIN2O2/c1-7-6-18-8(5-17)4-16(7)12-2-9(13)10(14)3-11(12)15/h2-3,7-8,17H,4-6,15H2,1H3. The zero-order valence-electron chi connectivity index (χ0n) is 10.1. The summed E-state index contributed by atoms with van der Waals surface area (Å²) in [5, 5.41) is 9.15. The highest BCUT2D eigenvalue weighted by Crippen LogP contribution is 2.30. The van der Waals surface area contributed by atoms with Gasteiger partial charge in [0.2, 0.25) is 0 Å². The van der Waals surface area contributed by atoms with E-state index in [1.807, 2.05) is 34.4 Å². The van der Waals surface area contributed by atoms with Gasteiger partial charge in [0.1, 0.15) is 5.82 Å². The molecule has 3 N–H and O–H groups in total. The van der Waals surface area contributed by atoms with Crippen LogP contribution < -0.4 is 10.6 Å². The summed E-state index contributed by atoms with van der Waals surface area (Å²) in [7, 11) is 0. The molecule has 4 nitrogen and oxygen atoms in total. The van der Waals surface area contributed by atoms with Gasteiger partial charge in [-0.2, -0.15) is 0 Å². The first kappa shape index (κ1) is 13.8. The van der Waals surface area contributed by atoms with Crippen molar-refractivity contribution in [3.8, 4) is 0 Å². The van der Waals surface area contributed by atoms with Crippen LogP contribution in [-0.4, -0.2) is 37.0 Å². The fourth-order valence-corrected chi connectivity index (χ4v) is 2.56. The number of morpholine rings is 1. The summed E-state index contributed by atoms with van der Waals surface area (Å²) < 4.78 is 19.6. The number of aliphatic hydroxyl groups is 1. The molecule has 2 rings (SSSR count). The topological polar surface area (TPSA) is 58.7 Å². The molecule has 1 saturated heterocycles. The highest BCUT2D eigenvalue weighted by Gasteiger charge is 2.27. The molecule has 2 unspecified atom stereocenters. The van der Waals surface area contributed by atoms with Crippen molar-refractivity contribution in [2.24, 2.45) is 0 Å². The van der Waals surface area contributed by atoms with E-state index in [0.717, 1.165) is 0 Å². The second kappa shape index (κ2) is 5.58. The lowest BCUT2D eigenvalue weighted by atomic mass is 10.1. The van der Waals surface area contributed by atoms with Crippen LogP contribution in [0.3, 0.4) is 0 Å². The predicted octanol–water partition coefficient (Wildman–Crippen LogP) is 1.60. The van der Waals surface area contributed by atoms with Crippen LogP contribution >= 0.6 is 22.6 Å². The first-order valence-electron chi connectivity index (χ1n) is 5.76. The third-order valence-corrected chi connectivity index (χ3v) is 3.91. The van der Waals surface area contributed by atoms with E-state index in [1.54, 1.807) is 6.07 Å². The monoisotopic (exact) mass is 366 g/mol. The summed E-state index contributed by atoms with van der Waals surface area (Å²) in [6, 6.07) is 3.18. The quantitative estimate of drug-likeness (QED) is 0.617. The van der Waals surface area contributed by atoms with E-state index < -0.39 is 0 Å². The van der Waals surface area contributed by atoms with Crippen molar-refractivity contribution in [3.05, 3.63) is 21.5 Å². The Morgan fingerprint density at radius 2 is 2.33 bits per heavy atom. The zero-order valence-corrected chi connectivity index (χ0v) is 12.2. The number of nitrogens with zero attached hydrogens (tertiary/aromatic N) is 1. The number of aliphatic hydroxyl groups excluding tert-OH is 1. The lowest BCUT2D eigenvalue weighted by Gasteiger charge is -2.39. The van der Waals surface area contributed by atoms with Gasteiger partial charge in [0, 0.05) is 18.7 Å². The van der Waals surface area contributed by atoms with Crippen LogP contribution in [0.1, 0.15) is 6.92 Å². The van der Waals surface area contributed by atoms with E-state index in [4.69, 9.17) is 15.6 Å². The van der Waals surface area contributed by atoms with Crippen LogP contribution in [-0.2, 0) is 4.74 Å². The van der Waals surface area contributed by atoms with E-state index in [9.17, 15) is 4.39 Å². The van der Waals surface area contributed by atoms with Crippen molar-refractivity contribution < 1.29 is 14.2 Å². The van der Waals surface area contributed by atoms with Crippen molar-refractivity contribution in [2.45, 2.75) is 19.1 Å². The molecule has 0 radical (unpaired) electrons. The van der Waals surface area contributed by atoms with Crippen molar-refractivity contribution in [1.82, 2.24) is 0 Å². The molecule has 1 aliphatic rings. The molecule has 0 aromatic heterocycles. The molecule has 1 aromatic carbocycles. The number of rotatable bonds is 2. The number of nitrogen functional groups attached to an aromatic ring is 1. The number of anilines is 2. The molecular formula is C12H16FIN2O2. The van der Waals surface area contributed by atoms with Crippen LogP contribution in [0.2, 0.25) is 0 Å². The lowest BCUT2D eigenvalue weighted by Crippen LogP contribution is -2.49. The minimum atomic E-state index is -0.279. The van der Waals surface area contributed by atoms with Gasteiger partial charge in [-0.05, 0) is 35.6 Å². The summed E-state index contributed by atoms with van der Waals surface area (Å²) in [5.41, 5.74) is 7.17.